The topological polar surface area (TPSA) is 87.4 Å². The predicted octanol–water partition coefficient (Wildman–Crippen LogP) is -0.583. The van der Waals surface area contributed by atoms with E-state index in [2.05, 4.69) is 4.18 Å². The van der Waals surface area contributed by atoms with Crippen LogP contribution in [0.4, 0.5) is 0 Å². The highest BCUT2D eigenvalue weighted by atomic mass is 32.3. The zero-order valence-corrected chi connectivity index (χ0v) is 9.10. The Hall–Kier alpha value is -1.31. The van der Waals surface area contributed by atoms with Crippen molar-refractivity contribution in [3.05, 3.63) is 30.1 Å². The average molecular weight is 233 g/mol. The Morgan fingerprint density at radius 2 is 2.00 bits per heavy atom. The molecule has 0 unspecified atom stereocenters. The molecule has 1 rings (SSSR count). The second-order valence-electron chi connectivity index (χ2n) is 2.43. The molecule has 1 heterocycles. The summed E-state index contributed by atoms with van der Waals surface area (Å²) < 4.78 is 32.8. The van der Waals surface area contributed by atoms with Gasteiger partial charge in [0.05, 0.1) is 7.11 Å². The molecule has 15 heavy (non-hydrogen) atoms. The largest absolute Gasteiger partial charge is 0.726 e. The number of aryl methyl sites for hydroxylation is 1. The van der Waals surface area contributed by atoms with Crippen LogP contribution in [-0.4, -0.2) is 26.4 Å². The van der Waals surface area contributed by atoms with Crippen LogP contribution in [0.2, 0.25) is 0 Å². The van der Waals surface area contributed by atoms with Crippen molar-refractivity contribution in [1.29, 1.82) is 0 Å². The zero-order chi connectivity index (χ0) is 11.9. The first-order valence-corrected chi connectivity index (χ1v) is 5.15. The van der Waals surface area contributed by atoms with E-state index in [-0.39, 0.29) is 0 Å². The lowest BCUT2D eigenvalue weighted by Gasteiger charge is -1.98. The van der Waals surface area contributed by atoms with Crippen molar-refractivity contribution in [1.82, 2.24) is 0 Å². The molecular formula is C8H11NO5S. The van der Waals surface area contributed by atoms with Crippen molar-refractivity contribution in [3.63, 3.8) is 0 Å². The minimum atomic E-state index is -4.41. The van der Waals surface area contributed by atoms with Gasteiger partial charge in [-0.3, -0.25) is 8.98 Å². The van der Waals surface area contributed by atoms with Crippen LogP contribution in [-0.2, 0) is 21.6 Å². The Morgan fingerprint density at radius 1 is 1.47 bits per heavy atom. The minimum absolute atomic E-state index is 0.692. The summed E-state index contributed by atoms with van der Waals surface area (Å²) in [6.45, 7) is 0. The second-order valence-corrected chi connectivity index (χ2v) is 3.58. The number of nitrogens with zero attached hydrogens (tertiary/aromatic N) is 1. The number of hydrogen-bond donors (Lipinski definition) is 0. The van der Waals surface area contributed by atoms with Crippen LogP contribution < -0.4 is 4.57 Å². The van der Waals surface area contributed by atoms with Crippen molar-refractivity contribution in [3.8, 4) is 0 Å². The maximum absolute atomic E-state index is 10.2. The monoisotopic (exact) mass is 233 g/mol. The number of aromatic nitrogens is 1. The molecule has 0 fully saturated rings. The van der Waals surface area contributed by atoms with Gasteiger partial charge in [-0.2, -0.15) is 4.57 Å². The first kappa shape index (κ1) is 13.7. The van der Waals surface area contributed by atoms with Crippen LogP contribution in [0.5, 0.6) is 0 Å². The maximum Gasteiger partial charge on any atom is 0.245 e. The fraction of sp³-hybridized carbons (Fsp3) is 0.250. The number of carbonyl (C=O) groups excluding carboxylic acids is 1. The van der Waals surface area contributed by atoms with E-state index in [0.29, 0.717) is 5.69 Å². The lowest BCUT2D eigenvalue weighted by Crippen LogP contribution is -2.32. The Kier molecular flexibility index (Phi) is 5.68. The van der Waals surface area contributed by atoms with Gasteiger partial charge >= 0.3 is 0 Å². The maximum atomic E-state index is 10.2. The quantitative estimate of drug-likeness (QED) is 0.295. The molecule has 0 amide bonds. The third kappa shape index (κ3) is 6.72. The molecule has 0 bridgehead atoms. The van der Waals surface area contributed by atoms with Crippen molar-refractivity contribution in [2.45, 2.75) is 0 Å². The summed E-state index contributed by atoms with van der Waals surface area (Å²) in [4.78, 5) is 10.2. The van der Waals surface area contributed by atoms with Gasteiger partial charge in [-0.05, 0) is 6.07 Å². The molecule has 0 radical (unpaired) electrons. The van der Waals surface area contributed by atoms with E-state index >= 15 is 0 Å². The summed E-state index contributed by atoms with van der Waals surface area (Å²) in [5.74, 6) is 0. The lowest BCUT2D eigenvalue weighted by molar-refractivity contribution is -0.672. The fourth-order valence-electron chi connectivity index (χ4n) is 0.659. The Balaban J connectivity index is 0.000000288. The average Bonchev–Trinajstić information content (AvgIpc) is 2.18. The first-order valence-electron chi connectivity index (χ1n) is 3.82. The molecule has 7 heteroatoms. The van der Waals surface area contributed by atoms with E-state index in [0.717, 1.165) is 13.4 Å². The molecule has 0 aromatic carbocycles. The van der Waals surface area contributed by atoms with Gasteiger partial charge in [-0.15, -0.1) is 0 Å². The van der Waals surface area contributed by atoms with Crippen LogP contribution in [0.1, 0.15) is 10.5 Å². The number of carbonyl (C=O) groups is 1. The second kappa shape index (κ2) is 6.23. The molecule has 0 aliphatic carbocycles. The van der Waals surface area contributed by atoms with Gasteiger partial charge < -0.3 is 4.55 Å². The van der Waals surface area contributed by atoms with Gasteiger partial charge in [0.2, 0.25) is 22.4 Å². The first-order chi connectivity index (χ1) is 6.90. The van der Waals surface area contributed by atoms with Crippen LogP contribution >= 0.6 is 0 Å². The standard InChI is InChI=1S/C7H8NO.CH4O4S/c1-8-5-3-2-4-7(8)6-9;1-5-6(2,3)4/h2-6H,1H3;1H3,(H,2,3,4)/q+1;/p-1. The summed E-state index contributed by atoms with van der Waals surface area (Å²) in [7, 11) is -1.77. The van der Waals surface area contributed by atoms with Crippen LogP contribution in [0, 0.1) is 0 Å². The molecule has 1 aromatic rings. The van der Waals surface area contributed by atoms with E-state index in [9.17, 15) is 17.8 Å². The van der Waals surface area contributed by atoms with Gasteiger partial charge in [0, 0.05) is 12.1 Å². The van der Waals surface area contributed by atoms with E-state index < -0.39 is 10.4 Å². The third-order valence-electron chi connectivity index (χ3n) is 1.42. The molecule has 84 valence electrons. The summed E-state index contributed by atoms with van der Waals surface area (Å²) >= 11 is 0. The molecule has 0 N–H and O–H groups in total. The molecule has 0 atom stereocenters. The van der Waals surface area contributed by atoms with E-state index in [1.807, 2.05) is 25.4 Å². The molecule has 0 spiro atoms. The summed E-state index contributed by atoms with van der Waals surface area (Å²) in [5, 5.41) is 0. The van der Waals surface area contributed by atoms with E-state index in [1.165, 1.54) is 0 Å². The molecular weight excluding hydrogens is 222 g/mol. The highest BCUT2D eigenvalue weighted by molar-refractivity contribution is 7.80. The van der Waals surface area contributed by atoms with E-state index in [1.54, 1.807) is 10.6 Å². The van der Waals surface area contributed by atoms with Gasteiger partial charge in [0.1, 0.15) is 7.05 Å². The fourth-order valence-corrected chi connectivity index (χ4v) is 0.659. The Labute approximate surface area is 88.1 Å². The SMILES string of the molecule is COS(=O)(=O)[O-].C[n+]1ccccc1C=O. The summed E-state index contributed by atoms with van der Waals surface area (Å²) in [6.07, 6.45) is 2.67. The molecule has 0 saturated carbocycles. The van der Waals surface area contributed by atoms with Crippen LogP contribution in [0.25, 0.3) is 0 Å². The number of rotatable bonds is 2. The van der Waals surface area contributed by atoms with Gasteiger partial charge in [-0.25, -0.2) is 8.42 Å². The van der Waals surface area contributed by atoms with Gasteiger partial charge in [-0.1, -0.05) is 0 Å². The van der Waals surface area contributed by atoms with Gasteiger partial charge in [0.15, 0.2) is 6.20 Å². The molecule has 0 saturated heterocycles. The lowest BCUT2D eigenvalue weighted by atomic mass is 10.4. The normalized spacial score (nSPS) is 10.1. The third-order valence-corrected chi connectivity index (χ3v) is 1.83. The Morgan fingerprint density at radius 3 is 2.27 bits per heavy atom. The van der Waals surface area contributed by atoms with Crippen LogP contribution in [0.3, 0.4) is 0 Å². The predicted molar refractivity (Wildman–Crippen MR) is 49.7 cm³/mol. The molecule has 1 aromatic heterocycles. The number of hydrogen-bond acceptors (Lipinski definition) is 5. The van der Waals surface area contributed by atoms with Crippen molar-refractivity contribution in [2.24, 2.45) is 7.05 Å². The van der Waals surface area contributed by atoms with Crippen molar-refractivity contribution in [2.75, 3.05) is 7.11 Å². The van der Waals surface area contributed by atoms with E-state index in [4.69, 9.17) is 0 Å². The van der Waals surface area contributed by atoms with Crippen molar-refractivity contribution < 1.29 is 26.5 Å². The number of pyridine rings is 1. The summed E-state index contributed by atoms with van der Waals surface area (Å²) in [6, 6.07) is 5.49. The van der Waals surface area contributed by atoms with Crippen LogP contribution in [0.15, 0.2) is 24.4 Å². The highest BCUT2D eigenvalue weighted by Crippen LogP contribution is 1.82. The summed E-state index contributed by atoms with van der Waals surface area (Å²) in [5.41, 5.74) is 0.692. The van der Waals surface area contributed by atoms with Gasteiger partial charge in [0.25, 0.3) is 0 Å². The molecule has 6 nitrogen and oxygen atoms in total. The Bertz CT molecular complexity index is 415. The number of aldehydes is 1. The minimum Gasteiger partial charge on any atom is -0.726 e. The van der Waals surface area contributed by atoms with Crippen molar-refractivity contribution >= 4 is 16.7 Å². The molecule has 0 aliphatic rings. The smallest absolute Gasteiger partial charge is 0.245 e. The zero-order valence-electron chi connectivity index (χ0n) is 8.28. The highest BCUT2D eigenvalue weighted by Gasteiger charge is 1.98. The molecule has 0 aliphatic heterocycles.